The van der Waals surface area contributed by atoms with Crippen LogP contribution in [-0.2, 0) is 4.79 Å². The van der Waals surface area contributed by atoms with Gasteiger partial charge in [-0.25, -0.2) is 9.07 Å². The number of carboxylic acid groups (broad SMARTS) is 1. The van der Waals surface area contributed by atoms with E-state index in [0.717, 1.165) is 21.9 Å². The van der Waals surface area contributed by atoms with Gasteiger partial charge in [0.2, 0.25) is 0 Å². The van der Waals surface area contributed by atoms with Crippen molar-refractivity contribution in [3.05, 3.63) is 106 Å². The zero-order chi connectivity index (χ0) is 24.9. The highest BCUT2D eigenvalue weighted by Crippen LogP contribution is 2.32. The van der Waals surface area contributed by atoms with Crippen LogP contribution in [0.5, 0.6) is 5.75 Å². The number of ether oxygens (including phenoxy) is 1. The molecule has 8 nitrogen and oxygen atoms in total. The van der Waals surface area contributed by atoms with Crippen LogP contribution >= 0.6 is 0 Å². The number of benzene rings is 3. The number of para-hydroxylation sites is 1. The Balaban J connectivity index is 1.65. The molecule has 1 amide bonds. The number of amides is 1. The number of carboxylic acids is 1. The van der Waals surface area contributed by atoms with E-state index in [1.807, 2.05) is 36.4 Å². The number of hydrogen-bond acceptors (Lipinski definition) is 4. The van der Waals surface area contributed by atoms with E-state index >= 15 is 0 Å². The Labute approximate surface area is 199 Å². The molecule has 0 saturated heterocycles. The van der Waals surface area contributed by atoms with Crippen molar-refractivity contribution in [3.63, 3.8) is 0 Å². The van der Waals surface area contributed by atoms with Crippen LogP contribution in [0.2, 0.25) is 0 Å². The first-order valence-corrected chi connectivity index (χ1v) is 10.7. The largest absolute Gasteiger partial charge is 0.496 e. The molecule has 1 unspecified atom stereocenters. The number of halogens is 1. The van der Waals surface area contributed by atoms with Crippen LogP contribution in [0.1, 0.15) is 28.5 Å². The summed E-state index contributed by atoms with van der Waals surface area (Å²) < 4.78 is 20.5. The first-order valence-electron chi connectivity index (χ1n) is 10.7. The number of methoxy groups -OCH3 is 1. The molecule has 1 heterocycles. The Kier molecular flexibility index (Phi) is 6.77. The summed E-state index contributed by atoms with van der Waals surface area (Å²) in [6, 6.07) is 20.5. The highest BCUT2D eigenvalue weighted by Gasteiger charge is 2.24. The number of aliphatic carboxylic acids is 1. The second-order valence-electron chi connectivity index (χ2n) is 7.74. The highest BCUT2D eigenvalue weighted by atomic mass is 19.1. The molecule has 0 saturated carbocycles. The smallest absolute Gasteiger partial charge is 0.305 e. The summed E-state index contributed by atoms with van der Waals surface area (Å²) in [5, 5.41) is 14.7. The molecular weight excluding hydrogens is 453 g/mol. The fourth-order valence-corrected chi connectivity index (χ4v) is 3.78. The normalized spacial score (nSPS) is 11.6. The van der Waals surface area contributed by atoms with E-state index in [1.165, 1.54) is 25.3 Å². The van der Waals surface area contributed by atoms with Gasteiger partial charge in [0.25, 0.3) is 11.5 Å². The van der Waals surface area contributed by atoms with Crippen molar-refractivity contribution >= 4 is 11.9 Å². The van der Waals surface area contributed by atoms with Crippen LogP contribution in [0.25, 0.3) is 16.8 Å². The van der Waals surface area contributed by atoms with Gasteiger partial charge >= 0.3 is 5.97 Å². The zero-order valence-electron chi connectivity index (χ0n) is 18.7. The van der Waals surface area contributed by atoms with Crippen molar-refractivity contribution < 1.29 is 23.8 Å². The molecule has 35 heavy (non-hydrogen) atoms. The second-order valence-corrected chi connectivity index (χ2v) is 7.74. The van der Waals surface area contributed by atoms with Gasteiger partial charge in [-0.3, -0.25) is 19.5 Å². The maximum Gasteiger partial charge on any atom is 0.305 e. The van der Waals surface area contributed by atoms with Crippen LogP contribution in [0.3, 0.4) is 0 Å². The summed E-state index contributed by atoms with van der Waals surface area (Å²) in [7, 11) is 1.46. The molecule has 178 valence electrons. The molecule has 1 aromatic heterocycles. The summed E-state index contributed by atoms with van der Waals surface area (Å²) in [4.78, 5) is 36.9. The van der Waals surface area contributed by atoms with E-state index in [9.17, 15) is 23.9 Å². The van der Waals surface area contributed by atoms with Crippen LogP contribution < -0.4 is 15.6 Å². The minimum absolute atomic E-state index is 0.0446. The lowest BCUT2D eigenvalue weighted by molar-refractivity contribution is -0.137. The maximum absolute atomic E-state index is 14.1. The third-order valence-electron chi connectivity index (χ3n) is 5.46. The van der Waals surface area contributed by atoms with E-state index in [-0.39, 0.29) is 11.4 Å². The predicted octanol–water partition coefficient (Wildman–Crippen LogP) is 3.93. The van der Waals surface area contributed by atoms with Crippen molar-refractivity contribution in [1.29, 1.82) is 0 Å². The molecule has 3 N–H and O–H groups in total. The van der Waals surface area contributed by atoms with Crippen molar-refractivity contribution in [3.8, 4) is 22.6 Å². The molecule has 0 aliphatic rings. The molecule has 4 rings (SSSR count). The monoisotopic (exact) mass is 475 g/mol. The number of H-pyrrole nitrogens is 1. The number of rotatable bonds is 8. The minimum Gasteiger partial charge on any atom is -0.496 e. The van der Waals surface area contributed by atoms with E-state index in [0.29, 0.717) is 11.3 Å². The van der Waals surface area contributed by atoms with Gasteiger partial charge in [0, 0.05) is 11.6 Å². The van der Waals surface area contributed by atoms with Gasteiger partial charge in [0.05, 0.1) is 19.6 Å². The highest BCUT2D eigenvalue weighted by molar-refractivity contribution is 5.93. The Bertz CT molecular complexity index is 1430. The molecule has 0 spiro atoms. The van der Waals surface area contributed by atoms with Gasteiger partial charge in [0.1, 0.15) is 22.9 Å². The third kappa shape index (κ3) is 5.14. The number of carbonyl (C=O) groups is 2. The van der Waals surface area contributed by atoms with E-state index in [1.54, 1.807) is 18.2 Å². The van der Waals surface area contributed by atoms with Gasteiger partial charge < -0.3 is 15.2 Å². The number of nitrogens with zero attached hydrogens (tertiary/aromatic N) is 1. The second kappa shape index (κ2) is 10.1. The Morgan fingerprint density at radius 2 is 1.74 bits per heavy atom. The lowest BCUT2D eigenvalue weighted by atomic mass is 9.97. The quantitative estimate of drug-likeness (QED) is 0.357. The van der Waals surface area contributed by atoms with E-state index in [4.69, 9.17) is 4.74 Å². The number of aromatic nitrogens is 2. The molecule has 4 aromatic rings. The molecule has 1 atom stereocenters. The molecule has 3 aromatic carbocycles. The van der Waals surface area contributed by atoms with Crippen molar-refractivity contribution in [2.45, 2.75) is 12.5 Å². The molecule has 0 bridgehead atoms. The maximum atomic E-state index is 14.1. The third-order valence-corrected chi connectivity index (χ3v) is 5.46. The number of aromatic amines is 1. The lowest BCUT2D eigenvalue weighted by Gasteiger charge is -2.20. The van der Waals surface area contributed by atoms with Crippen molar-refractivity contribution in [1.82, 2.24) is 15.1 Å². The fourth-order valence-electron chi connectivity index (χ4n) is 3.78. The molecule has 9 heteroatoms. The number of hydrogen-bond donors (Lipinski definition) is 3. The van der Waals surface area contributed by atoms with Crippen LogP contribution in [0, 0.1) is 5.82 Å². The number of carbonyl (C=O) groups excluding carboxylic acids is 1. The average molecular weight is 475 g/mol. The average Bonchev–Trinajstić information content (AvgIpc) is 3.25. The SMILES string of the molecule is COc1cc(-c2ccccc2)ccc1C(CC(=O)O)NC(=O)c1cc(=O)n(-c2ccccc2F)[nH]1. The standard InChI is InChI=1S/C26H22FN3O5/c1-35-23-13-17(16-7-3-2-4-8-16)11-12-18(23)20(15-25(32)33)28-26(34)21-14-24(31)30(29-21)22-10-6-5-9-19(22)27/h2-14,20,29H,15H2,1H3,(H,28,34)(H,32,33). The summed E-state index contributed by atoms with van der Waals surface area (Å²) >= 11 is 0. The van der Waals surface area contributed by atoms with Crippen LogP contribution in [0.4, 0.5) is 4.39 Å². The fraction of sp³-hybridized carbons (Fsp3) is 0.115. The summed E-state index contributed by atoms with van der Waals surface area (Å²) in [6.45, 7) is 0. The van der Waals surface area contributed by atoms with E-state index in [2.05, 4.69) is 10.4 Å². The summed E-state index contributed by atoms with van der Waals surface area (Å²) in [6.07, 6.45) is -0.426. The van der Waals surface area contributed by atoms with Gasteiger partial charge in [-0.05, 0) is 29.3 Å². The topological polar surface area (TPSA) is 113 Å². The first kappa shape index (κ1) is 23.5. The first-order chi connectivity index (χ1) is 16.9. The Morgan fingerprint density at radius 3 is 2.43 bits per heavy atom. The van der Waals surface area contributed by atoms with Crippen LogP contribution in [-0.4, -0.2) is 33.9 Å². The molecule has 0 radical (unpaired) electrons. The van der Waals surface area contributed by atoms with Gasteiger partial charge in [-0.15, -0.1) is 0 Å². The van der Waals surface area contributed by atoms with Crippen LogP contribution in [0.15, 0.2) is 83.7 Å². The summed E-state index contributed by atoms with van der Waals surface area (Å²) in [5.74, 6) is -2.11. The minimum atomic E-state index is -1.14. The lowest BCUT2D eigenvalue weighted by Crippen LogP contribution is -2.31. The van der Waals surface area contributed by atoms with Gasteiger partial charge in [0.15, 0.2) is 0 Å². The molecule has 0 aliphatic heterocycles. The molecule has 0 aliphatic carbocycles. The predicted molar refractivity (Wildman–Crippen MR) is 127 cm³/mol. The Morgan fingerprint density at radius 1 is 1.03 bits per heavy atom. The van der Waals surface area contributed by atoms with Gasteiger partial charge in [-0.2, -0.15) is 0 Å². The van der Waals surface area contributed by atoms with Gasteiger partial charge in [-0.1, -0.05) is 54.6 Å². The van der Waals surface area contributed by atoms with Crippen molar-refractivity contribution in [2.24, 2.45) is 0 Å². The van der Waals surface area contributed by atoms with Crippen molar-refractivity contribution in [2.75, 3.05) is 7.11 Å². The summed E-state index contributed by atoms with van der Waals surface area (Å²) in [5.41, 5.74) is 1.44. The molecular formula is C26H22FN3O5. The van der Waals surface area contributed by atoms with E-state index < -0.39 is 35.7 Å². The Hall–Kier alpha value is -4.66. The molecule has 0 fully saturated rings. The number of nitrogens with one attached hydrogen (secondary N) is 2. The zero-order valence-corrected chi connectivity index (χ0v) is 18.7.